The summed E-state index contributed by atoms with van der Waals surface area (Å²) in [5.74, 6) is 0.973. The van der Waals surface area contributed by atoms with Crippen LogP contribution >= 0.6 is 24.2 Å². The molecule has 2 aromatic rings. The third kappa shape index (κ3) is 2.68. The molecule has 2 rings (SSSR count). The molecule has 0 amide bonds. The van der Waals surface area contributed by atoms with E-state index in [4.69, 9.17) is 5.73 Å². The summed E-state index contributed by atoms with van der Waals surface area (Å²) < 4.78 is 0. The van der Waals surface area contributed by atoms with Gasteiger partial charge in [-0.15, -0.1) is 24.2 Å². The van der Waals surface area contributed by atoms with E-state index >= 15 is 0 Å². The fraction of sp³-hybridized carbons (Fsp3) is 0.273. The average molecular weight is 243 g/mol. The summed E-state index contributed by atoms with van der Waals surface area (Å²) in [4.78, 5) is 4.56. The number of nitrogens with two attached hydrogens (primary N) is 1. The van der Waals surface area contributed by atoms with Gasteiger partial charge in [-0.2, -0.15) is 0 Å². The highest BCUT2D eigenvalue weighted by Crippen LogP contribution is 2.27. The highest BCUT2D eigenvalue weighted by molar-refractivity contribution is 7.99. The Morgan fingerprint density at radius 1 is 1.40 bits per heavy atom. The fourth-order valence-electron chi connectivity index (χ4n) is 1.50. The minimum atomic E-state index is 0. The second kappa shape index (κ2) is 5.45. The van der Waals surface area contributed by atoms with Crippen LogP contribution in [0.2, 0.25) is 0 Å². The van der Waals surface area contributed by atoms with Crippen LogP contribution in [0.1, 0.15) is 5.56 Å². The van der Waals surface area contributed by atoms with Crippen molar-refractivity contribution in [3.8, 4) is 0 Å². The summed E-state index contributed by atoms with van der Waals surface area (Å²) in [6, 6.07) is 6.46. The highest BCUT2D eigenvalue weighted by Gasteiger charge is 2.03. The van der Waals surface area contributed by atoms with Crippen LogP contribution in [0.15, 0.2) is 29.3 Å². The minimum Gasteiger partial charge on any atom is -0.360 e. The summed E-state index contributed by atoms with van der Waals surface area (Å²) in [6.07, 6.45) is 2.06. The Morgan fingerprint density at radius 2 is 2.20 bits per heavy atom. The molecule has 0 aliphatic rings. The number of benzene rings is 1. The third-order valence-electron chi connectivity index (χ3n) is 2.17. The molecule has 1 aromatic heterocycles. The van der Waals surface area contributed by atoms with E-state index in [0.717, 1.165) is 12.3 Å². The average Bonchev–Trinajstić information content (AvgIpc) is 2.57. The molecule has 2 nitrogen and oxygen atoms in total. The molecule has 1 aromatic carbocycles. The summed E-state index contributed by atoms with van der Waals surface area (Å²) in [5, 5.41) is 1.31. The molecule has 82 valence electrons. The summed E-state index contributed by atoms with van der Waals surface area (Å²) in [6.45, 7) is 2.84. The molecule has 3 N–H and O–H groups in total. The van der Waals surface area contributed by atoms with Crippen molar-refractivity contribution in [3.05, 3.63) is 30.0 Å². The second-order valence-corrected chi connectivity index (χ2v) is 4.48. The maximum Gasteiger partial charge on any atom is 0.0465 e. The van der Waals surface area contributed by atoms with Crippen molar-refractivity contribution in [2.45, 2.75) is 11.8 Å². The fourth-order valence-corrected chi connectivity index (χ4v) is 2.30. The predicted molar refractivity (Wildman–Crippen MR) is 70.1 cm³/mol. The Hall–Kier alpha value is -0.640. The Bertz CT molecular complexity index is 439. The zero-order chi connectivity index (χ0) is 9.97. The number of H-pyrrole nitrogens is 1. The van der Waals surface area contributed by atoms with Gasteiger partial charge in [-0.1, -0.05) is 11.6 Å². The van der Waals surface area contributed by atoms with Crippen LogP contribution in [0.4, 0.5) is 0 Å². The lowest BCUT2D eigenvalue weighted by Crippen LogP contribution is -2.00. The van der Waals surface area contributed by atoms with Crippen molar-refractivity contribution in [2.24, 2.45) is 5.73 Å². The zero-order valence-electron chi connectivity index (χ0n) is 8.62. The molecule has 0 atom stereocenters. The van der Waals surface area contributed by atoms with E-state index in [2.05, 4.69) is 36.3 Å². The minimum absolute atomic E-state index is 0. The van der Waals surface area contributed by atoms with Gasteiger partial charge >= 0.3 is 0 Å². The highest BCUT2D eigenvalue weighted by atomic mass is 35.5. The van der Waals surface area contributed by atoms with Crippen molar-refractivity contribution >= 4 is 35.1 Å². The van der Waals surface area contributed by atoms with Crippen molar-refractivity contribution in [1.82, 2.24) is 4.98 Å². The first kappa shape index (κ1) is 12.4. The smallest absolute Gasteiger partial charge is 0.0465 e. The number of rotatable bonds is 3. The van der Waals surface area contributed by atoms with Crippen molar-refractivity contribution < 1.29 is 0 Å². The number of halogens is 1. The van der Waals surface area contributed by atoms with Gasteiger partial charge in [0.1, 0.15) is 0 Å². The molecule has 0 saturated heterocycles. The lowest BCUT2D eigenvalue weighted by atomic mass is 10.2. The van der Waals surface area contributed by atoms with Gasteiger partial charge in [-0.05, 0) is 19.1 Å². The van der Waals surface area contributed by atoms with E-state index in [0.29, 0.717) is 0 Å². The van der Waals surface area contributed by atoms with Crippen LogP contribution in [0.5, 0.6) is 0 Å². The normalized spacial score (nSPS) is 10.3. The van der Waals surface area contributed by atoms with E-state index in [9.17, 15) is 0 Å². The van der Waals surface area contributed by atoms with Crippen LogP contribution < -0.4 is 5.73 Å². The number of nitrogens with one attached hydrogen (secondary N) is 1. The maximum atomic E-state index is 5.49. The SMILES string of the molecule is Cc1ccc2[nH]cc(SCCN)c2c1.Cl. The van der Waals surface area contributed by atoms with Crippen molar-refractivity contribution in [3.63, 3.8) is 0 Å². The molecule has 0 unspecified atom stereocenters. The van der Waals surface area contributed by atoms with Gasteiger partial charge in [0.15, 0.2) is 0 Å². The summed E-state index contributed by atoms with van der Waals surface area (Å²) in [7, 11) is 0. The number of aromatic amines is 1. The van der Waals surface area contributed by atoms with E-state index < -0.39 is 0 Å². The van der Waals surface area contributed by atoms with Gasteiger partial charge in [-0.25, -0.2) is 0 Å². The van der Waals surface area contributed by atoms with Gasteiger partial charge in [0.05, 0.1) is 0 Å². The molecule has 0 saturated carbocycles. The Morgan fingerprint density at radius 3 is 2.93 bits per heavy atom. The molecule has 0 aliphatic heterocycles. The van der Waals surface area contributed by atoms with E-state index in [-0.39, 0.29) is 12.4 Å². The molecule has 1 heterocycles. The van der Waals surface area contributed by atoms with Crippen LogP contribution in [0.25, 0.3) is 10.9 Å². The van der Waals surface area contributed by atoms with Crippen LogP contribution in [0.3, 0.4) is 0 Å². The third-order valence-corrected chi connectivity index (χ3v) is 3.26. The van der Waals surface area contributed by atoms with Gasteiger partial charge in [0, 0.05) is 34.3 Å². The molecule has 4 heteroatoms. The van der Waals surface area contributed by atoms with E-state index in [1.165, 1.54) is 21.4 Å². The number of hydrogen-bond donors (Lipinski definition) is 2. The van der Waals surface area contributed by atoms with Crippen molar-refractivity contribution in [2.75, 3.05) is 12.3 Å². The van der Waals surface area contributed by atoms with E-state index in [1.54, 1.807) is 0 Å². The number of aryl methyl sites for hydroxylation is 1. The number of hydrogen-bond acceptors (Lipinski definition) is 2. The first-order valence-corrected chi connectivity index (χ1v) is 5.70. The molecule has 0 fully saturated rings. The molecule has 0 spiro atoms. The number of fused-ring (bicyclic) bond motifs is 1. The maximum absolute atomic E-state index is 5.49. The molecular formula is C11H15ClN2S. The number of thioether (sulfide) groups is 1. The lowest BCUT2D eigenvalue weighted by molar-refractivity contribution is 1.15. The van der Waals surface area contributed by atoms with Gasteiger partial charge in [-0.3, -0.25) is 0 Å². The molecule has 0 bridgehead atoms. The second-order valence-electron chi connectivity index (χ2n) is 3.34. The quantitative estimate of drug-likeness (QED) is 0.813. The van der Waals surface area contributed by atoms with Gasteiger partial charge < -0.3 is 10.7 Å². The Balaban J connectivity index is 0.00000112. The van der Waals surface area contributed by atoms with Gasteiger partial charge in [0.2, 0.25) is 0 Å². The summed E-state index contributed by atoms with van der Waals surface area (Å²) >= 11 is 1.81. The topological polar surface area (TPSA) is 41.8 Å². The summed E-state index contributed by atoms with van der Waals surface area (Å²) in [5.41, 5.74) is 7.99. The molecule has 15 heavy (non-hydrogen) atoms. The standard InChI is InChI=1S/C11H14N2S.ClH/c1-8-2-3-10-9(6-8)11(7-13-10)14-5-4-12;/h2-3,6-7,13H,4-5,12H2,1H3;1H. The first-order valence-electron chi connectivity index (χ1n) is 4.72. The number of aromatic nitrogens is 1. The predicted octanol–water partition coefficient (Wildman–Crippen LogP) is 2.95. The molecular weight excluding hydrogens is 228 g/mol. The zero-order valence-corrected chi connectivity index (χ0v) is 10.3. The molecule has 0 aliphatic carbocycles. The lowest BCUT2D eigenvalue weighted by Gasteiger charge is -1.98. The Kier molecular flexibility index (Phi) is 4.51. The molecule has 0 radical (unpaired) electrons. The largest absolute Gasteiger partial charge is 0.360 e. The van der Waals surface area contributed by atoms with E-state index in [1.807, 2.05) is 11.8 Å². The monoisotopic (exact) mass is 242 g/mol. The van der Waals surface area contributed by atoms with Crippen LogP contribution in [0, 0.1) is 6.92 Å². The van der Waals surface area contributed by atoms with Crippen LogP contribution in [-0.4, -0.2) is 17.3 Å². The first-order chi connectivity index (χ1) is 6.81. The van der Waals surface area contributed by atoms with Crippen molar-refractivity contribution in [1.29, 1.82) is 0 Å². The Labute approximate surface area is 100 Å². The van der Waals surface area contributed by atoms with Crippen LogP contribution in [-0.2, 0) is 0 Å². The van der Waals surface area contributed by atoms with Gasteiger partial charge in [0.25, 0.3) is 0 Å².